The third-order valence-electron chi connectivity index (χ3n) is 7.32. The average Bonchev–Trinajstić information content (AvgIpc) is 2.90. The van der Waals surface area contributed by atoms with Gasteiger partial charge >= 0.3 is 11.9 Å². The van der Waals surface area contributed by atoms with Crippen LogP contribution in [0.25, 0.3) is 0 Å². The summed E-state index contributed by atoms with van der Waals surface area (Å²) in [5.74, 6) is -1.92. The number of methoxy groups -OCH3 is 1. The molecule has 6 heteroatoms. The maximum Gasteiger partial charge on any atom is 0.336 e. The van der Waals surface area contributed by atoms with E-state index in [-0.39, 0.29) is 23.9 Å². The van der Waals surface area contributed by atoms with E-state index in [1.807, 2.05) is 13.8 Å². The fourth-order valence-electron chi connectivity index (χ4n) is 5.11. The lowest BCUT2D eigenvalue weighted by atomic mass is 9.51. The van der Waals surface area contributed by atoms with Gasteiger partial charge in [0.25, 0.3) is 0 Å². The highest BCUT2D eigenvalue weighted by Gasteiger charge is 2.65. The van der Waals surface area contributed by atoms with Crippen LogP contribution in [0.3, 0.4) is 0 Å². The highest BCUT2D eigenvalue weighted by atomic mass is 16.7. The van der Waals surface area contributed by atoms with Crippen molar-refractivity contribution in [1.82, 2.24) is 0 Å². The van der Waals surface area contributed by atoms with Crippen LogP contribution >= 0.6 is 0 Å². The van der Waals surface area contributed by atoms with Gasteiger partial charge < -0.3 is 19.3 Å². The minimum Gasteiger partial charge on any atom is -0.459 e. The quantitative estimate of drug-likeness (QED) is 0.601. The fourth-order valence-corrected chi connectivity index (χ4v) is 5.11. The molecule has 27 heavy (non-hydrogen) atoms. The Morgan fingerprint density at radius 1 is 1.37 bits per heavy atom. The van der Waals surface area contributed by atoms with Gasteiger partial charge in [-0.3, -0.25) is 0 Å². The first kappa shape index (κ1) is 20.1. The standard InChI is InChI=1S/C21H30O6/c1-7-11(2)18(23)26-15-9-8-14-10-21(25-6)16(12(3)19(24)27-21)17(22)20(14,5)13(15)4/h7,13-15,17,22H,8-10H2,1-6H3/b11-7-/t13-,14+,15-,17+,20+,21-/m0/s1. The number of aliphatic hydroxyl groups excluding tert-OH is 1. The Kier molecular flexibility index (Phi) is 5.02. The Bertz CT molecular complexity index is 722. The van der Waals surface area contributed by atoms with E-state index in [0.717, 1.165) is 6.42 Å². The number of carbonyl (C=O) groups excluding carboxylic acids is 2. The molecule has 150 valence electrons. The van der Waals surface area contributed by atoms with Crippen LogP contribution in [0.1, 0.15) is 53.9 Å². The number of ether oxygens (including phenoxy) is 3. The predicted octanol–water partition coefficient (Wildman–Crippen LogP) is 2.90. The van der Waals surface area contributed by atoms with Gasteiger partial charge in [0.1, 0.15) is 6.10 Å². The molecule has 6 atom stereocenters. The molecule has 0 amide bonds. The molecule has 1 N–H and O–H groups in total. The number of rotatable bonds is 3. The van der Waals surface area contributed by atoms with E-state index in [4.69, 9.17) is 14.2 Å². The molecular weight excluding hydrogens is 348 g/mol. The van der Waals surface area contributed by atoms with Gasteiger partial charge in [0.15, 0.2) is 0 Å². The van der Waals surface area contributed by atoms with E-state index >= 15 is 0 Å². The molecule has 0 bridgehead atoms. The highest BCUT2D eigenvalue weighted by Crippen LogP contribution is 2.60. The molecule has 0 spiro atoms. The van der Waals surface area contributed by atoms with E-state index < -0.39 is 23.3 Å². The topological polar surface area (TPSA) is 82.1 Å². The molecule has 3 aliphatic rings. The summed E-state index contributed by atoms with van der Waals surface area (Å²) in [7, 11) is 1.51. The first-order valence-corrected chi connectivity index (χ1v) is 9.64. The third-order valence-corrected chi connectivity index (χ3v) is 7.32. The molecule has 0 radical (unpaired) electrons. The number of aliphatic hydroxyl groups is 1. The molecule has 0 saturated heterocycles. The molecule has 1 heterocycles. The first-order chi connectivity index (χ1) is 12.6. The Morgan fingerprint density at radius 2 is 2.04 bits per heavy atom. The average molecular weight is 378 g/mol. The summed E-state index contributed by atoms with van der Waals surface area (Å²) < 4.78 is 17.0. The molecule has 3 rings (SSSR count). The third kappa shape index (κ3) is 2.76. The summed E-state index contributed by atoms with van der Waals surface area (Å²) in [6, 6.07) is 0. The van der Waals surface area contributed by atoms with Gasteiger partial charge in [-0.05, 0) is 39.5 Å². The number of hydrogen-bond acceptors (Lipinski definition) is 6. The lowest BCUT2D eigenvalue weighted by Crippen LogP contribution is -2.61. The monoisotopic (exact) mass is 378 g/mol. The number of carbonyl (C=O) groups is 2. The summed E-state index contributed by atoms with van der Waals surface area (Å²) in [4.78, 5) is 24.5. The molecule has 2 aliphatic carbocycles. The Hall–Kier alpha value is -1.66. The second-order valence-electron chi connectivity index (χ2n) is 8.34. The van der Waals surface area contributed by atoms with Crippen molar-refractivity contribution in [3.05, 3.63) is 22.8 Å². The zero-order chi connectivity index (χ0) is 20.1. The second kappa shape index (κ2) is 6.74. The van der Waals surface area contributed by atoms with Crippen molar-refractivity contribution in [1.29, 1.82) is 0 Å². The van der Waals surface area contributed by atoms with Crippen LogP contribution < -0.4 is 0 Å². The minimum atomic E-state index is -1.17. The number of hydrogen-bond donors (Lipinski definition) is 1. The van der Waals surface area contributed by atoms with Gasteiger partial charge in [0, 0.05) is 41.6 Å². The van der Waals surface area contributed by atoms with Crippen molar-refractivity contribution in [2.75, 3.05) is 7.11 Å². The minimum absolute atomic E-state index is 0.0780. The molecule has 1 aliphatic heterocycles. The Labute approximate surface area is 160 Å². The van der Waals surface area contributed by atoms with Crippen LogP contribution in [0.4, 0.5) is 0 Å². The SMILES string of the molecule is C/C=C(/C)C(=O)O[C@H]1CC[C@@H]2C[C@]3(OC)OC(=O)C(C)=C3[C@@H](O)[C@]2(C)[C@H]1C. The summed E-state index contributed by atoms with van der Waals surface area (Å²) in [6.07, 6.45) is 2.54. The van der Waals surface area contributed by atoms with Gasteiger partial charge in [0.2, 0.25) is 5.79 Å². The van der Waals surface area contributed by atoms with Crippen LogP contribution in [0.5, 0.6) is 0 Å². The lowest BCUT2D eigenvalue weighted by molar-refractivity contribution is -0.241. The molecular formula is C21H30O6. The number of fused-ring (bicyclic) bond motifs is 2. The molecule has 0 aromatic heterocycles. The normalized spacial score (nSPS) is 41.7. The summed E-state index contributed by atoms with van der Waals surface area (Å²) >= 11 is 0. The van der Waals surface area contributed by atoms with Crippen LogP contribution in [0.15, 0.2) is 22.8 Å². The van der Waals surface area contributed by atoms with Crippen molar-refractivity contribution in [2.45, 2.75) is 71.9 Å². The van der Waals surface area contributed by atoms with Crippen molar-refractivity contribution in [3.63, 3.8) is 0 Å². The van der Waals surface area contributed by atoms with Crippen molar-refractivity contribution in [3.8, 4) is 0 Å². The van der Waals surface area contributed by atoms with Crippen molar-refractivity contribution >= 4 is 11.9 Å². The van der Waals surface area contributed by atoms with E-state index in [0.29, 0.717) is 29.6 Å². The molecule has 2 fully saturated rings. The first-order valence-electron chi connectivity index (χ1n) is 9.64. The highest BCUT2D eigenvalue weighted by molar-refractivity contribution is 5.92. The van der Waals surface area contributed by atoms with Gasteiger partial charge in [-0.25, -0.2) is 9.59 Å². The zero-order valence-corrected chi connectivity index (χ0v) is 17.0. The fraction of sp³-hybridized carbons (Fsp3) is 0.714. The molecule has 0 aromatic carbocycles. The van der Waals surface area contributed by atoms with Crippen molar-refractivity contribution in [2.24, 2.45) is 17.3 Å². The van der Waals surface area contributed by atoms with Gasteiger partial charge in [-0.2, -0.15) is 0 Å². The number of esters is 2. The van der Waals surface area contributed by atoms with E-state index in [1.54, 1.807) is 26.8 Å². The maximum atomic E-state index is 12.3. The maximum absolute atomic E-state index is 12.3. The molecule has 6 nitrogen and oxygen atoms in total. The summed E-state index contributed by atoms with van der Waals surface area (Å²) in [5.41, 5.74) is 0.974. The molecule has 0 unspecified atom stereocenters. The molecule has 2 saturated carbocycles. The second-order valence-corrected chi connectivity index (χ2v) is 8.34. The van der Waals surface area contributed by atoms with Crippen LogP contribution in [0, 0.1) is 17.3 Å². The Balaban J connectivity index is 1.95. The molecule has 0 aromatic rings. The smallest absolute Gasteiger partial charge is 0.336 e. The van der Waals surface area contributed by atoms with Gasteiger partial charge in [0.05, 0.1) is 6.10 Å². The largest absolute Gasteiger partial charge is 0.459 e. The van der Waals surface area contributed by atoms with E-state index in [2.05, 4.69) is 0 Å². The van der Waals surface area contributed by atoms with Gasteiger partial charge in [-0.1, -0.05) is 19.9 Å². The van der Waals surface area contributed by atoms with Crippen LogP contribution in [0.2, 0.25) is 0 Å². The summed E-state index contributed by atoms with van der Waals surface area (Å²) in [5, 5.41) is 11.4. The van der Waals surface area contributed by atoms with E-state index in [9.17, 15) is 14.7 Å². The van der Waals surface area contributed by atoms with Crippen LogP contribution in [-0.2, 0) is 23.8 Å². The van der Waals surface area contributed by atoms with Crippen LogP contribution in [-0.4, -0.2) is 42.1 Å². The lowest BCUT2D eigenvalue weighted by Gasteiger charge is -2.57. The number of allylic oxidation sites excluding steroid dienone is 1. The van der Waals surface area contributed by atoms with Gasteiger partial charge in [-0.15, -0.1) is 0 Å². The van der Waals surface area contributed by atoms with E-state index in [1.165, 1.54) is 7.11 Å². The summed E-state index contributed by atoms with van der Waals surface area (Å²) in [6.45, 7) is 9.26. The van der Waals surface area contributed by atoms with Crippen molar-refractivity contribution < 1.29 is 28.9 Å². The zero-order valence-electron chi connectivity index (χ0n) is 17.0. The Morgan fingerprint density at radius 3 is 2.63 bits per heavy atom. The predicted molar refractivity (Wildman–Crippen MR) is 98.5 cm³/mol.